The molecule has 2 aromatic carbocycles. The second kappa shape index (κ2) is 10.5. The molecule has 0 spiro atoms. The summed E-state index contributed by atoms with van der Waals surface area (Å²) in [5, 5.41) is 1.02. The maximum absolute atomic E-state index is 13.4. The van der Waals surface area contributed by atoms with E-state index in [1.54, 1.807) is 23.5 Å². The predicted octanol–water partition coefficient (Wildman–Crippen LogP) is 5.07. The summed E-state index contributed by atoms with van der Waals surface area (Å²) in [6.07, 6.45) is 0. The quantitative estimate of drug-likeness (QED) is 0.446. The Labute approximate surface area is 205 Å². The molecule has 0 unspecified atom stereocenters. The summed E-state index contributed by atoms with van der Waals surface area (Å²) < 4.78 is 18.5. The highest BCUT2D eigenvalue weighted by atomic mass is 32.1. The lowest BCUT2D eigenvalue weighted by Gasteiger charge is -2.34. The second-order valence-corrected chi connectivity index (χ2v) is 9.24. The Morgan fingerprint density at radius 3 is 2.15 bits per heavy atom. The van der Waals surface area contributed by atoms with Crippen LogP contribution >= 0.6 is 11.3 Å². The van der Waals surface area contributed by atoms with E-state index in [4.69, 9.17) is 19.2 Å². The predicted molar refractivity (Wildman–Crippen MR) is 137 cm³/mol. The lowest BCUT2D eigenvalue weighted by Crippen LogP contribution is -2.48. The lowest BCUT2D eigenvalue weighted by atomic mass is 10.1. The van der Waals surface area contributed by atoms with Gasteiger partial charge in [0.2, 0.25) is 5.75 Å². The number of fused-ring (bicyclic) bond motifs is 1. The number of thiazole rings is 1. The molecule has 1 aliphatic rings. The molecule has 1 fully saturated rings. The molecule has 1 aliphatic heterocycles. The molecule has 34 heavy (non-hydrogen) atoms. The number of anilines is 1. The lowest BCUT2D eigenvalue weighted by molar-refractivity contribution is 0.0745. The van der Waals surface area contributed by atoms with Crippen LogP contribution in [0, 0.1) is 13.8 Å². The first kappa shape index (κ1) is 24.1. The Kier molecular flexibility index (Phi) is 7.46. The van der Waals surface area contributed by atoms with Crippen LogP contribution in [-0.4, -0.2) is 61.8 Å². The van der Waals surface area contributed by atoms with Gasteiger partial charge in [0, 0.05) is 31.7 Å². The smallest absolute Gasteiger partial charge is 0.254 e. The number of aromatic nitrogens is 1. The van der Waals surface area contributed by atoms with Gasteiger partial charge in [-0.2, -0.15) is 0 Å². The first-order valence-electron chi connectivity index (χ1n) is 11.9. The topological polar surface area (TPSA) is 64.1 Å². The van der Waals surface area contributed by atoms with E-state index in [1.165, 1.54) is 15.8 Å². The summed E-state index contributed by atoms with van der Waals surface area (Å²) in [5.41, 5.74) is 4.13. The van der Waals surface area contributed by atoms with E-state index in [9.17, 15) is 4.79 Å². The number of carbonyl (C=O) groups excluding carboxylic acids is 1. The van der Waals surface area contributed by atoms with Crippen molar-refractivity contribution >= 4 is 32.6 Å². The third kappa shape index (κ3) is 4.78. The summed E-state index contributed by atoms with van der Waals surface area (Å²) in [4.78, 5) is 22.5. The van der Waals surface area contributed by atoms with E-state index in [-0.39, 0.29) is 5.91 Å². The van der Waals surface area contributed by atoms with Crippen molar-refractivity contribution in [2.24, 2.45) is 0 Å². The minimum Gasteiger partial charge on any atom is -0.490 e. The maximum atomic E-state index is 13.4. The van der Waals surface area contributed by atoms with Gasteiger partial charge < -0.3 is 24.0 Å². The molecule has 182 valence electrons. The second-order valence-electron chi connectivity index (χ2n) is 8.23. The standard InChI is InChI=1S/C26H33N3O4S/c1-6-31-20-15-19(16-21(32-7-2)24(20)33-8-3)25(30)28-11-13-29(14-12-28)26-27-23-18(5)17(4)9-10-22(23)34-26/h9-10,15-16H,6-8,11-14H2,1-5H3. The minimum atomic E-state index is -0.0274. The SMILES string of the molecule is CCOc1cc(C(=O)N2CCN(c3nc4c(C)c(C)ccc4s3)CC2)cc(OCC)c1OCC. The molecule has 8 heteroatoms. The van der Waals surface area contributed by atoms with Crippen LogP contribution in [0.4, 0.5) is 5.13 Å². The normalized spacial score (nSPS) is 13.9. The van der Waals surface area contributed by atoms with Crippen molar-refractivity contribution in [2.75, 3.05) is 50.9 Å². The maximum Gasteiger partial charge on any atom is 0.254 e. The Balaban J connectivity index is 1.51. The molecule has 1 amide bonds. The molecule has 0 radical (unpaired) electrons. The first-order valence-corrected chi connectivity index (χ1v) is 12.8. The summed E-state index contributed by atoms with van der Waals surface area (Å²) in [5.74, 6) is 1.60. The van der Waals surface area contributed by atoms with Crippen molar-refractivity contribution in [1.29, 1.82) is 0 Å². The van der Waals surface area contributed by atoms with Crippen LogP contribution in [0.2, 0.25) is 0 Å². The molecule has 4 rings (SSSR count). The molecular formula is C26H33N3O4S. The number of hydrogen-bond donors (Lipinski definition) is 0. The zero-order valence-corrected chi connectivity index (χ0v) is 21.5. The number of carbonyl (C=O) groups is 1. The van der Waals surface area contributed by atoms with Crippen molar-refractivity contribution in [1.82, 2.24) is 9.88 Å². The average Bonchev–Trinajstić information content (AvgIpc) is 3.28. The van der Waals surface area contributed by atoms with Gasteiger partial charge in [0.1, 0.15) is 0 Å². The minimum absolute atomic E-state index is 0.0274. The van der Waals surface area contributed by atoms with Crippen molar-refractivity contribution in [3.8, 4) is 17.2 Å². The largest absolute Gasteiger partial charge is 0.490 e. The number of ether oxygens (including phenoxy) is 3. The van der Waals surface area contributed by atoms with Crippen LogP contribution in [-0.2, 0) is 0 Å². The number of piperazine rings is 1. The van der Waals surface area contributed by atoms with Gasteiger partial charge in [0.15, 0.2) is 16.6 Å². The van der Waals surface area contributed by atoms with Crippen molar-refractivity contribution < 1.29 is 19.0 Å². The van der Waals surface area contributed by atoms with Crippen LogP contribution in [0.3, 0.4) is 0 Å². The van der Waals surface area contributed by atoms with Gasteiger partial charge in [-0.3, -0.25) is 4.79 Å². The van der Waals surface area contributed by atoms with Gasteiger partial charge in [0.05, 0.1) is 30.0 Å². The van der Waals surface area contributed by atoms with E-state index < -0.39 is 0 Å². The molecule has 7 nitrogen and oxygen atoms in total. The van der Waals surface area contributed by atoms with E-state index in [0.29, 0.717) is 55.7 Å². The van der Waals surface area contributed by atoms with E-state index in [0.717, 1.165) is 23.7 Å². The Morgan fingerprint density at radius 1 is 0.941 bits per heavy atom. The summed E-state index contributed by atoms with van der Waals surface area (Å²) in [6.45, 7) is 14.2. The van der Waals surface area contributed by atoms with Crippen LogP contribution in [0.25, 0.3) is 10.2 Å². The third-order valence-corrected chi connectivity index (χ3v) is 7.15. The number of rotatable bonds is 8. The van der Waals surface area contributed by atoms with Gasteiger partial charge in [-0.05, 0) is 63.9 Å². The van der Waals surface area contributed by atoms with Crippen molar-refractivity contribution in [3.63, 3.8) is 0 Å². The number of nitrogens with zero attached hydrogens (tertiary/aromatic N) is 3. The van der Waals surface area contributed by atoms with Gasteiger partial charge >= 0.3 is 0 Å². The van der Waals surface area contributed by atoms with Gasteiger partial charge in [0.25, 0.3) is 5.91 Å². The highest BCUT2D eigenvalue weighted by Crippen LogP contribution is 2.39. The molecule has 3 aromatic rings. The number of hydrogen-bond acceptors (Lipinski definition) is 7. The number of aryl methyl sites for hydroxylation is 2. The zero-order chi connectivity index (χ0) is 24.2. The highest BCUT2D eigenvalue weighted by molar-refractivity contribution is 7.22. The fraction of sp³-hybridized carbons (Fsp3) is 0.462. The Bertz CT molecular complexity index is 1140. The Morgan fingerprint density at radius 2 is 1.56 bits per heavy atom. The molecule has 0 bridgehead atoms. The number of amides is 1. The molecule has 2 heterocycles. The Hall–Kier alpha value is -3.00. The molecular weight excluding hydrogens is 450 g/mol. The molecule has 1 saturated heterocycles. The fourth-order valence-corrected chi connectivity index (χ4v) is 5.22. The molecule has 0 saturated carbocycles. The zero-order valence-electron chi connectivity index (χ0n) is 20.6. The van der Waals surface area contributed by atoms with Gasteiger partial charge in [-0.25, -0.2) is 4.98 Å². The third-order valence-electron chi connectivity index (χ3n) is 6.07. The monoisotopic (exact) mass is 483 g/mol. The summed E-state index contributed by atoms with van der Waals surface area (Å²) in [7, 11) is 0. The van der Waals surface area contributed by atoms with Crippen LogP contribution in [0.15, 0.2) is 24.3 Å². The van der Waals surface area contributed by atoms with E-state index in [2.05, 4.69) is 30.9 Å². The summed E-state index contributed by atoms with van der Waals surface area (Å²) in [6, 6.07) is 7.84. The van der Waals surface area contributed by atoms with Crippen molar-refractivity contribution in [2.45, 2.75) is 34.6 Å². The molecule has 0 N–H and O–H groups in total. The van der Waals surface area contributed by atoms with Crippen LogP contribution in [0.5, 0.6) is 17.2 Å². The molecule has 0 aliphatic carbocycles. The highest BCUT2D eigenvalue weighted by Gasteiger charge is 2.26. The van der Waals surface area contributed by atoms with E-state index in [1.807, 2.05) is 25.7 Å². The number of benzene rings is 2. The van der Waals surface area contributed by atoms with Crippen molar-refractivity contribution in [3.05, 3.63) is 41.0 Å². The van der Waals surface area contributed by atoms with Crippen LogP contribution in [0.1, 0.15) is 42.3 Å². The van der Waals surface area contributed by atoms with Gasteiger partial charge in [-0.15, -0.1) is 0 Å². The van der Waals surface area contributed by atoms with Crippen LogP contribution < -0.4 is 19.1 Å². The van der Waals surface area contributed by atoms with Gasteiger partial charge in [-0.1, -0.05) is 17.4 Å². The summed E-state index contributed by atoms with van der Waals surface area (Å²) >= 11 is 1.72. The van der Waals surface area contributed by atoms with E-state index >= 15 is 0 Å². The average molecular weight is 484 g/mol. The molecule has 1 aromatic heterocycles. The fourth-order valence-electron chi connectivity index (χ4n) is 4.15. The first-order chi connectivity index (χ1) is 16.5. The molecule has 0 atom stereocenters.